The summed E-state index contributed by atoms with van der Waals surface area (Å²) in [6.45, 7) is 1.51. The summed E-state index contributed by atoms with van der Waals surface area (Å²) in [5, 5.41) is 20.2. The highest BCUT2D eigenvalue weighted by Gasteiger charge is 2.56. The van der Waals surface area contributed by atoms with Crippen molar-refractivity contribution in [2.45, 2.75) is 25.5 Å². The van der Waals surface area contributed by atoms with Crippen LogP contribution in [0.5, 0.6) is 0 Å². The molecule has 2 heterocycles. The number of carboxylic acids is 1. The minimum absolute atomic E-state index is 0.0731. The zero-order valence-corrected chi connectivity index (χ0v) is 11.5. The normalized spacial score (nSPS) is 26.7. The number of amides is 2. The van der Waals surface area contributed by atoms with Crippen molar-refractivity contribution in [3.05, 3.63) is 22.1 Å². The molecule has 0 aromatic heterocycles. The Kier molecular flexibility index (Phi) is 3.87. The zero-order chi connectivity index (χ0) is 15.0. The molecule has 8 heteroatoms. The smallest absolute Gasteiger partial charge is 0.353 e. The summed E-state index contributed by atoms with van der Waals surface area (Å²) in [4.78, 5) is 35.5. The molecule has 0 bridgehead atoms. The predicted octanol–water partition coefficient (Wildman–Crippen LogP) is -0.374. The van der Waals surface area contributed by atoms with Crippen LogP contribution in [0, 0.1) is 5.92 Å². The molecule has 0 aromatic carbocycles. The number of nitrogens with zero attached hydrogens (tertiary/aromatic N) is 1. The van der Waals surface area contributed by atoms with Crippen LogP contribution in [0.2, 0.25) is 0 Å². The van der Waals surface area contributed by atoms with Gasteiger partial charge in [0.2, 0.25) is 11.8 Å². The van der Waals surface area contributed by atoms with Crippen LogP contribution in [0.25, 0.3) is 0 Å². The molecule has 2 rings (SSSR count). The van der Waals surface area contributed by atoms with Crippen molar-refractivity contribution in [3.63, 3.8) is 0 Å². The third-order valence-corrected chi connectivity index (χ3v) is 4.25. The van der Waals surface area contributed by atoms with Gasteiger partial charge in [0.05, 0.1) is 18.1 Å². The van der Waals surface area contributed by atoms with Crippen LogP contribution in [0.1, 0.15) is 13.3 Å². The standard InChI is InChI=1S/C12H14N2O5S/c1-5(15)9-6-4-7(20-3-2-8(13)16)10(12(18)19)14(6)11(9)17/h2-3,5-6,9,15H,4H2,1H3,(H2,13,16)(H,18,19)/b3-2+. The first-order chi connectivity index (χ1) is 9.34. The fourth-order valence-electron chi connectivity index (χ4n) is 2.52. The quantitative estimate of drug-likeness (QED) is 0.470. The van der Waals surface area contributed by atoms with Crippen LogP contribution in [-0.4, -0.2) is 45.0 Å². The third-order valence-electron chi connectivity index (χ3n) is 3.33. The van der Waals surface area contributed by atoms with E-state index in [1.165, 1.54) is 17.2 Å². The molecule has 7 nitrogen and oxygen atoms in total. The van der Waals surface area contributed by atoms with Crippen LogP contribution in [0.15, 0.2) is 22.1 Å². The number of β-lactam (4-membered cyclic amide) rings is 1. The van der Waals surface area contributed by atoms with E-state index < -0.39 is 23.9 Å². The van der Waals surface area contributed by atoms with Gasteiger partial charge in [0.25, 0.3) is 0 Å². The van der Waals surface area contributed by atoms with Gasteiger partial charge in [-0.1, -0.05) is 11.8 Å². The lowest BCUT2D eigenvalue weighted by molar-refractivity contribution is -0.161. The highest BCUT2D eigenvalue weighted by atomic mass is 32.2. The molecule has 3 unspecified atom stereocenters. The van der Waals surface area contributed by atoms with Gasteiger partial charge in [-0.3, -0.25) is 9.59 Å². The molecule has 1 saturated heterocycles. The minimum Gasteiger partial charge on any atom is -0.477 e. The van der Waals surface area contributed by atoms with Crippen LogP contribution in [0.4, 0.5) is 0 Å². The lowest BCUT2D eigenvalue weighted by Gasteiger charge is -2.44. The number of carbonyl (C=O) groups excluding carboxylic acids is 2. The zero-order valence-electron chi connectivity index (χ0n) is 10.6. The van der Waals surface area contributed by atoms with Gasteiger partial charge in [0.1, 0.15) is 5.70 Å². The molecular formula is C12H14N2O5S. The highest BCUT2D eigenvalue weighted by Crippen LogP contribution is 2.47. The molecule has 2 aliphatic rings. The van der Waals surface area contributed by atoms with Gasteiger partial charge >= 0.3 is 5.97 Å². The van der Waals surface area contributed by atoms with E-state index in [1.54, 1.807) is 0 Å². The number of carbonyl (C=O) groups is 3. The fourth-order valence-corrected chi connectivity index (χ4v) is 3.45. The second-order valence-corrected chi connectivity index (χ2v) is 5.65. The Morgan fingerprint density at radius 3 is 2.70 bits per heavy atom. The van der Waals surface area contributed by atoms with Crippen LogP contribution in [-0.2, 0) is 14.4 Å². The average Bonchev–Trinajstić information content (AvgIpc) is 2.63. The molecular weight excluding hydrogens is 284 g/mol. The van der Waals surface area contributed by atoms with E-state index in [0.717, 1.165) is 17.8 Å². The van der Waals surface area contributed by atoms with Crippen molar-refractivity contribution in [1.82, 2.24) is 4.90 Å². The Hall–Kier alpha value is -1.80. The Bertz CT molecular complexity index is 540. The summed E-state index contributed by atoms with van der Waals surface area (Å²) in [5.41, 5.74) is 4.88. The lowest BCUT2D eigenvalue weighted by atomic mass is 9.83. The Morgan fingerprint density at radius 2 is 2.20 bits per heavy atom. The number of primary amides is 1. The summed E-state index contributed by atoms with van der Waals surface area (Å²) in [6, 6.07) is -0.321. The molecule has 1 fully saturated rings. The third kappa shape index (κ3) is 2.32. The molecule has 108 valence electrons. The summed E-state index contributed by atoms with van der Waals surface area (Å²) >= 11 is 1.05. The van der Waals surface area contributed by atoms with Gasteiger partial charge in [0.15, 0.2) is 0 Å². The van der Waals surface area contributed by atoms with Crippen molar-refractivity contribution < 1.29 is 24.6 Å². The maximum atomic E-state index is 11.9. The van der Waals surface area contributed by atoms with E-state index in [2.05, 4.69) is 0 Å². The number of aliphatic hydroxyl groups is 1. The van der Waals surface area contributed by atoms with Crippen molar-refractivity contribution in [2.75, 3.05) is 0 Å². The van der Waals surface area contributed by atoms with Gasteiger partial charge in [-0.05, 0) is 12.3 Å². The number of hydrogen-bond acceptors (Lipinski definition) is 5. The molecule has 2 amide bonds. The monoisotopic (exact) mass is 298 g/mol. The van der Waals surface area contributed by atoms with E-state index in [-0.39, 0.29) is 17.6 Å². The summed E-state index contributed by atoms with van der Waals surface area (Å²) in [7, 11) is 0. The number of aliphatic hydroxyl groups excluding tert-OH is 1. The number of rotatable bonds is 5. The molecule has 2 aliphatic heterocycles. The van der Waals surface area contributed by atoms with Crippen molar-refractivity contribution >= 4 is 29.5 Å². The van der Waals surface area contributed by atoms with Crippen LogP contribution < -0.4 is 5.73 Å². The first-order valence-corrected chi connectivity index (χ1v) is 6.82. The molecule has 0 aliphatic carbocycles. The van der Waals surface area contributed by atoms with Gasteiger partial charge < -0.3 is 20.8 Å². The largest absolute Gasteiger partial charge is 0.477 e. The summed E-state index contributed by atoms with van der Waals surface area (Å²) in [6.07, 6.45) is 0.668. The van der Waals surface area contributed by atoms with E-state index >= 15 is 0 Å². The minimum atomic E-state index is -1.19. The van der Waals surface area contributed by atoms with Gasteiger partial charge in [0, 0.05) is 17.4 Å². The van der Waals surface area contributed by atoms with Crippen LogP contribution >= 0.6 is 11.8 Å². The molecule has 20 heavy (non-hydrogen) atoms. The lowest BCUT2D eigenvalue weighted by Crippen LogP contribution is -2.61. The highest BCUT2D eigenvalue weighted by molar-refractivity contribution is 8.05. The molecule has 0 spiro atoms. The maximum Gasteiger partial charge on any atom is 0.353 e. The van der Waals surface area contributed by atoms with Gasteiger partial charge in [-0.15, -0.1) is 0 Å². The van der Waals surface area contributed by atoms with Crippen molar-refractivity contribution in [2.24, 2.45) is 11.7 Å². The molecule has 3 atom stereocenters. The number of thioether (sulfide) groups is 1. The van der Waals surface area contributed by atoms with Gasteiger partial charge in [-0.25, -0.2) is 4.79 Å². The summed E-state index contributed by atoms with van der Waals surface area (Å²) < 4.78 is 0. The first-order valence-electron chi connectivity index (χ1n) is 5.94. The van der Waals surface area contributed by atoms with E-state index in [9.17, 15) is 24.6 Å². The predicted molar refractivity (Wildman–Crippen MR) is 71.0 cm³/mol. The Labute approximate surface area is 119 Å². The second-order valence-electron chi connectivity index (χ2n) is 4.65. The number of nitrogens with two attached hydrogens (primary N) is 1. The topological polar surface area (TPSA) is 121 Å². The molecule has 0 saturated carbocycles. The Balaban J connectivity index is 2.21. The molecule has 0 aromatic rings. The summed E-state index contributed by atoms with van der Waals surface area (Å²) in [5.74, 6) is -2.77. The average molecular weight is 298 g/mol. The van der Waals surface area contributed by atoms with E-state index in [1.807, 2.05) is 0 Å². The van der Waals surface area contributed by atoms with Gasteiger partial charge in [-0.2, -0.15) is 0 Å². The number of carboxylic acid groups (broad SMARTS) is 1. The fraction of sp³-hybridized carbons (Fsp3) is 0.417. The Morgan fingerprint density at radius 1 is 1.55 bits per heavy atom. The number of aliphatic carboxylic acids is 1. The second kappa shape index (κ2) is 5.29. The van der Waals surface area contributed by atoms with E-state index in [4.69, 9.17) is 5.73 Å². The van der Waals surface area contributed by atoms with Crippen molar-refractivity contribution in [3.8, 4) is 0 Å². The van der Waals surface area contributed by atoms with Crippen molar-refractivity contribution in [1.29, 1.82) is 0 Å². The number of hydrogen-bond donors (Lipinski definition) is 3. The molecule has 4 N–H and O–H groups in total. The maximum absolute atomic E-state index is 11.9. The SMILES string of the molecule is CC(O)C1C(=O)N2C(C(=O)O)=C(S/C=C/C(N)=O)CC12. The first kappa shape index (κ1) is 14.6. The van der Waals surface area contributed by atoms with E-state index in [0.29, 0.717) is 11.3 Å². The molecule has 0 radical (unpaired) electrons. The van der Waals surface area contributed by atoms with Crippen LogP contribution in [0.3, 0.4) is 0 Å². The number of fused-ring (bicyclic) bond motifs is 1.